The minimum Gasteiger partial charge on any atom is -0.208 e. The fourth-order valence-electron chi connectivity index (χ4n) is 9.60. The van der Waals surface area contributed by atoms with Gasteiger partial charge in [-0.05, 0) is 62.7 Å². The molecule has 0 aliphatic heterocycles. The van der Waals surface area contributed by atoms with Crippen LogP contribution in [-0.2, 0) is 5.41 Å². The lowest BCUT2D eigenvalue weighted by molar-refractivity contribution is 0.769. The van der Waals surface area contributed by atoms with Crippen LogP contribution in [0.25, 0.3) is 90.6 Å². The molecule has 0 bridgehead atoms. The third kappa shape index (κ3) is 7.09. The molecule has 0 N–H and O–H groups in total. The van der Waals surface area contributed by atoms with Crippen molar-refractivity contribution in [2.45, 2.75) is 5.41 Å². The highest BCUT2D eigenvalue weighted by Gasteiger charge is 2.46. The number of aromatic nitrogens is 6. The van der Waals surface area contributed by atoms with E-state index in [0.29, 0.717) is 34.9 Å². The Labute approximate surface area is 389 Å². The van der Waals surface area contributed by atoms with Gasteiger partial charge in [0.2, 0.25) is 0 Å². The molecule has 1 aliphatic carbocycles. The van der Waals surface area contributed by atoms with E-state index < -0.39 is 5.41 Å². The van der Waals surface area contributed by atoms with E-state index in [9.17, 15) is 0 Å². The molecule has 0 radical (unpaired) electrons. The van der Waals surface area contributed by atoms with E-state index in [1.54, 1.807) is 0 Å². The Hall–Kier alpha value is -9.00. The van der Waals surface area contributed by atoms with Gasteiger partial charge in [-0.2, -0.15) is 0 Å². The van der Waals surface area contributed by atoms with Crippen LogP contribution < -0.4 is 0 Å². The number of hydrogen-bond acceptors (Lipinski definition) is 6. The standard InChI is InChI=1S/C61H40N6/c1-7-22-41(23-8-1)55-62-56(42-24-9-2-10-25-42)65-59(64-55)46-31-21-30-45(38-46)50-40-54-51(49-36-19-20-37-53(49)61(54,47-32-15-5-16-33-47)48-34-17-6-18-35-48)39-52(50)60-66-57(43-26-11-3-12-27-43)63-58(67-60)44-28-13-4-14-29-44/h1-40H. The highest BCUT2D eigenvalue weighted by Crippen LogP contribution is 2.58. The SMILES string of the molecule is c1ccc(-c2nc(-c3ccccc3)nc(-c3cccc(-c4cc5c(cc4-c4nc(-c6ccccc6)nc(-c6ccccc6)n4)-c4ccccc4C5(c4ccccc4)c4ccccc4)c3)n2)cc1. The number of fused-ring (bicyclic) bond motifs is 3. The summed E-state index contributed by atoms with van der Waals surface area (Å²) in [7, 11) is 0. The number of hydrogen-bond donors (Lipinski definition) is 0. The summed E-state index contributed by atoms with van der Waals surface area (Å²) in [5, 5.41) is 0. The predicted octanol–water partition coefficient (Wildman–Crippen LogP) is 14.1. The Morgan fingerprint density at radius 3 is 1.03 bits per heavy atom. The highest BCUT2D eigenvalue weighted by atomic mass is 15.0. The van der Waals surface area contributed by atoms with Gasteiger partial charge in [-0.25, -0.2) is 29.9 Å². The van der Waals surface area contributed by atoms with Gasteiger partial charge in [0.1, 0.15) is 0 Å². The molecule has 9 aromatic carbocycles. The lowest BCUT2D eigenvalue weighted by Gasteiger charge is -2.34. The van der Waals surface area contributed by atoms with Crippen molar-refractivity contribution in [3.05, 3.63) is 265 Å². The maximum Gasteiger partial charge on any atom is 0.164 e. The van der Waals surface area contributed by atoms with Crippen LogP contribution in [0.15, 0.2) is 243 Å². The predicted molar refractivity (Wildman–Crippen MR) is 269 cm³/mol. The molecule has 0 amide bonds. The summed E-state index contributed by atoms with van der Waals surface area (Å²) in [5.74, 6) is 3.55. The highest BCUT2D eigenvalue weighted by molar-refractivity contribution is 5.94. The maximum atomic E-state index is 5.34. The molecule has 67 heavy (non-hydrogen) atoms. The van der Waals surface area contributed by atoms with Crippen LogP contribution in [0.5, 0.6) is 0 Å². The molecular weight excluding hydrogens is 817 g/mol. The van der Waals surface area contributed by atoms with Crippen molar-refractivity contribution in [2.75, 3.05) is 0 Å². The van der Waals surface area contributed by atoms with Gasteiger partial charge in [-0.3, -0.25) is 0 Å². The van der Waals surface area contributed by atoms with E-state index in [4.69, 9.17) is 29.9 Å². The monoisotopic (exact) mass is 856 g/mol. The Balaban J connectivity index is 1.15. The van der Waals surface area contributed by atoms with E-state index in [-0.39, 0.29) is 0 Å². The van der Waals surface area contributed by atoms with Crippen LogP contribution in [-0.4, -0.2) is 29.9 Å². The van der Waals surface area contributed by atoms with Crippen molar-refractivity contribution >= 4 is 0 Å². The summed E-state index contributed by atoms with van der Waals surface area (Å²) >= 11 is 0. The topological polar surface area (TPSA) is 77.3 Å². The summed E-state index contributed by atoms with van der Waals surface area (Å²) < 4.78 is 0. The summed E-state index contributed by atoms with van der Waals surface area (Å²) in [6.45, 7) is 0. The largest absolute Gasteiger partial charge is 0.208 e. The quantitative estimate of drug-likeness (QED) is 0.144. The van der Waals surface area contributed by atoms with Crippen molar-refractivity contribution in [1.82, 2.24) is 29.9 Å². The van der Waals surface area contributed by atoms with Crippen molar-refractivity contribution in [1.29, 1.82) is 0 Å². The second kappa shape index (κ2) is 16.8. The van der Waals surface area contributed by atoms with E-state index >= 15 is 0 Å². The van der Waals surface area contributed by atoms with E-state index in [1.165, 1.54) is 27.8 Å². The molecule has 2 heterocycles. The van der Waals surface area contributed by atoms with Crippen LogP contribution in [0.2, 0.25) is 0 Å². The first-order valence-electron chi connectivity index (χ1n) is 22.5. The molecular formula is C61H40N6. The van der Waals surface area contributed by atoms with Crippen molar-refractivity contribution in [3.8, 4) is 90.6 Å². The average Bonchev–Trinajstić information content (AvgIpc) is 3.72. The molecule has 1 aliphatic rings. The molecule has 0 saturated heterocycles. The van der Waals surface area contributed by atoms with Gasteiger partial charge in [0.25, 0.3) is 0 Å². The molecule has 6 heteroatoms. The van der Waals surface area contributed by atoms with Crippen molar-refractivity contribution in [2.24, 2.45) is 0 Å². The van der Waals surface area contributed by atoms with E-state index in [0.717, 1.165) is 50.1 Å². The van der Waals surface area contributed by atoms with E-state index in [2.05, 4.69) is 121 Å². The van der Waals surface area contributed by atoms with Crippen LogP contribution in [0.4, 0.5) is 0 Å². The van der Waals surface area contributed by atoms with Gasteiger partial charge >= 0.3 is 0 Å². The lowest BCUT2D eigenvalue weighted by atomic mass is 9.67. The summed E-state index contributed by atoms with van der Waals surface area (Å²) in [6, 6.07) is 84.3. The third-order valence-corrected chi connectivity index (χ3v) is 12.7. The Morgan fingerprint density at radius 2 is 0.567 bits per heavy atom. The van der Waals surface area contributed by atoms with Crippen LogP contribution in [0, 0.1) is 0 Å². The van der Waals surface area contributed by atoms with Crippen molar-refractivity contribution < 1.29 is 0 Å². The van der Waals surface area contributed by atoms with Crippen molar-refractivity contribution in [3.63, 3.8) is 0 Å². The fourth-order valence-corrected chi connectivity index (χ4v) is 9.60. The van der Waals surface area contributed by atoms with Crippen LogP contribution in [0.3, 0.4) is 0 Å². The molecule has 0 unspecified atom stereocenters. The molecule has 0 spiro atoms. The Bertz CT molecular complexity index is 3390. The minimum atomic E-state index is -0.633. The molecule has 11 aromatic rings. The first-order valence-corrected chi connectivity index (χ1v) is 22.5. The fraction of sp³-hybridized carbons (Fsp3) is 0.0164. The lowest BCUT2D eigenvalue weighted by Crippen LogP contribution is -2.28. The number of nitrogens with zero attached hydrogens (tertiary/aromatic N) is 6. The maximum absolute atomic E-state index is 5.34. The zero-order valence-corrected chi connectivity index (χ0v) is 36.3. The van der Waals surface area contributed by atoms with Gasteiger partial charge < -0.3 is 0 Å². The average molecular weight is 857 g/mol. The van der Waals surface area contributed by atoms with Gasteiger partial charge in [0.05, 0.1) is 5.41 Å². The second-order valence-electron chi connectivity index (χ2n) is 16.6. The first-order chi connectivity index (χ1) is 33.2. The van der Waals surface area contributed by atoms with Gasteiger partial charge in [-0.15, -0.1) is 0 Å². The van der Waals surface area contributed by atoms with Crippen LogP contribution in [0.1, 0.15) is 22.3 Å². The number of benzene rings is 9. The molecule has 2 aromatic heterocycles. The normalized spacial score (nSPS) is 12.3. The van der Waals surface area contributed by atoms with Gasteiger partial charge in [-0.1, -0.05) is 224 Å². The smallest absolute Gasteiger partial charge is 0.164 e. The first kappa shape index (κ1) is 39.6. The summed E-state index contributed by atoms with van der Waals surface area (Å²) in [5.41, 5.74) is 13.7. The van der Waals surface area contributed by atoms with Gasteiger partial charge in [0, 0.05) is 33.4 Å². The van der Waals surface area contributed by atoms with Crippen LogP contribution >= 0.6 is 0 Å². The molecule has 6 nitrogen and oxygen atoms in total. The minimum absolute atomic E-state index is 0.572. The third-order valence-electron chi connectivity index (χ3n) is 12.7. The summed E-state index contributed by atoms with van der Waals surface area (Å²) in [4.78, 5) is 31.0. The molecule has 12 rings (SSSR count). The zero-order valence-electron chi connectivity index (χ0n) is 36.3. The van der Waals surface area contributed by atoms with E-state index in [1.807, 2.05) is 121 Å². The summed E-state index contributed by atoms with van der Waals surface area (Å²) in [6.07, 6.45) is 0. The zero-order chi connectivity index (χ0) is 44.6. The van der Waals surface area contributed by atoms with Gasteiger partial charge in [0.15, 0.2) is 34.9 Å². The Kier molecular flexibility index (Phi) is 9.95. The molecule has 0 saturated carbocycles. The Morgan fingerprint density at radius 1 is 0.209 bits per heavy atom. The molecule has 0 fully saturated rings. The second-order valence-corrected chi connectivity index (χ2v) is 16.6. The molecule has 314 valence electrons. The number of rotatable bonds is 9. The molecule has 0 atom stereocenters.